The van der Waals surface area contributed by atoms with Crippen molar-refractivity contribution in [3.8, 4) is 0 Å². The second kappa shape index (κ2) is 4.36. The lowest BCUT2D eigenvalue weighted by molar-refractivity contribution is -0.139. The van der Waals surface area contributed by atoms with Crippen molar-refractivity contribution in [2.45, 2.75) is 18.6 Å². The molecule has 2 atom stereocenters. The third kappa shape index (κ3) is 2.80. The van der Waals surface area contributed by atoms with Gasteiger partial charge in [0.25, 0.3) is 0 Å². The van der Waals surface area contributed by atoms with Gasteiger partial charge in [-0.3, -0.25) is 4.79 Å². The number of nitrogens with two attached hydrogens (primary N) is 1. The maximum absolute atomic E-state index is 10.3. The van der Waals surface area contributed by atoms with Crippen LogP contribution < -0.4 is 5.73 Å². The summed E-state index contributed by atoms with van der Waals surface area (Å²) in [5, 5.41) is 19.6. The van der Waals surface area contributed by atoms with E-state index in [0.717, 1.165) is 4.88 Å². The summed E-state index contributed by atoms with van der Waals surface area (Å²) in [6.45, 7) is 0. The summed E-state index contributed by atoms with van der Waals surface area (Å²) in [6, 6.07) is 2.99. The van der Waals surface area contributed by atoms with Crippen molar-refractivity contribution >= 4 is 17.3 Å². The molecule has 0 saturated carbocycles. The van der Waals surface area contributed by atoms with E-state index in [0.29, 0.717) is 0 Å². The Balaban J connectivity index is 2.57. The van der Waals surface area contributed by atoms with Gasteiger partial charge in [-0.25, -0.2) is 0 Å². The molecule has 0 amide bonds. The van der Waals surface area contributed by atoms with Gasteiger partial charge in [-0.2, -0.15) is 0 Å². The molecule has 72 valence electrons. The van der Waals surface area contributed by atoms with Crippen molar-refractivity contribution in [2.75, 3.05) is 0 Å². The number of aliphatic carboxylic acids is 1. The molecule has 1 aromatic rings. The molecule has 0 radical (unpaired) electrons. The van der Waals surface area contributed by atoms with Crippen molar-refractivity contribution < 1.29 is 15.0 Å². The Kier molecular flexibility index (Phi) is 3.41. The number of thiophene rings is 1. The van der Waals surface area contributed by atoms with Crippen LogP contribution in [0.1, 0.15) is 17.3 Å². The smallest absolute Gasteiger partial charge is 0.306 e. The molecule has 5 heteroatoms. The highest BCUT2D eigenvalue weighted by Gasteiger charge is 2.20. The van der Waals surface area contributed by atoms with Crippen molar-refractivity contribution in [1.29, 1.82) is 0 Å². The van der Waals surface area contributed by atoms with Crippen molar-refractivity contribution in [3.05, 3.63) is 22.4 Å². The molecule has 0 aliphatic carbocycles. The third-order valence-corrected chi connectivity index (χ3v) is 2.64. The summed E-state index contributed by atoms with van der Waals surface area (Å²) in [7, 11) is 0. The lowest BCUT2D eigenvalue weighted by Gasteiger charge is -2.15. The molecule has 1 heterocycles. The minimum atomic E-state index is -1.04. The third-order valence-electron chi connectivity index (χ3n) is 1.67. The Morgan fingerprint density at radius 1 is 1.69 bits per heavy atom. The lowest BCUT2D eigenvalue weighted by Crippen LogP contribution is -2.27. The topological polar surface area (TPSA) is 83.5 Å². The van der Waals surface area contributed by atoms with Gasteiger partial charge in [0, 0.05) is 4.88 Å². The second-order valence-corrected chi connectivity index (χ2v) is 3.69. The molecular formula is C8H11NO3S. The van der Waals surface area contributed by atoms with Crippen LogP contribution in [0.3, 0.4) is 0 Å². The number of hydrogen-bond acceptors (Lipinski definition) is 4. The number of rotatable bonds is 4. The Labute approximate surface area is 79.6 Å². The maximum Gasteiger partial charge on any atom is 0.306 e. The zero-order valence-electron chi connectivity index (χ0n) is 6.88. The monoisotopic (exact) mass is 201 g/mol. The van der Waals surface area contributed by atoms with Crippen LogP contribution in [0.25, 0.3) is 0 Å². The van der Waals surface area contributed by atoms with E-state index < -0.39 is 18.1 Å². The summed E-state index contributed by atoms with van der Waals surface area (Å²) in [5.74, 6) is -1.04. The standard InChI is InChI=1S/C8H11NO3S/c9-8(5(10)4-7(11)12)6-2-1-3-13-6/h1-3,5,8,10H,4,9H2,(H,11,12). The normalized spacial score (nSPS) is 15.2. The van der Waals surface area contributed by atoms with Gasteiger partial charge in [0.1, 0.15) is 0 Å². The van der Waals surface area contributed by atoms with Gasteiger partial charge in [-0.05, 0) is 11.4 Å². The fraction of sp³-hybridized carbons (Fsp3) is 0.375. The number of carbonyl (C=O) groups is 1. The van der Waals surface area contributed by atoms with E-state index in [1.54, 1.807) is 6.07 Å². The van der Waals surface area contributed by atoms with E-state index in [9.17, 15) is 9.90 Å². The highest BCUT2D eigenvalue weighted by atomic mass is 32.1. The zero-order valence-corrected chi connectivity index (χ0v) is 7.70. The first-order valence-electron chi connectivity index (χ1n) is 3.80. The number of aliphatic hydroxyl groups excluding tert-OH is 1. The number of aliphatic hydroxyl groups is 1. The van der Waals surface area contributed by atoms with Crippen molar-refractivity contribution in [1.82, 2.24) is 0 Å². The van der Waals surface area contributed by atoms with Crippen LogP contribution in [0.15, 0.2) is 17.5 Å². The summed E-state index contributed by atoms with van der Waals surface area (Å²) in [5.41, 5.74) is 5.63. The van der Waals surface area contributed by atoms with Gasteiger partial charge in [0.15, 0.2) is 0 Å². The molecule has 0 fully saturated rings. The minimum Gasteiger partial charge on any atom is -0.481 e. The molecular weight excluding hydrogens is 190 g/mol. The summed E-state index contributed by atoms with van der Waals surface area (Å²) < 4.78 is 0. The first kappa shape index (κ1) is 10.2. The molecule has 0 aliphatic rings. The Bertz CT molecular complexity index is 273. The van der Waals surface area contributed by atoms with Crippen molar-refractivity contribution in [2.24, 2.45) is 5.73 Å². The van der Waals surface area contributed by atoms with Crippen LogP contribution >= 0.6 is 11.3 Å². The average molecular weight is 201 g/mol. The van der Waals surface area contributed by atoms with Crippen LogP contribution in [0, 0.1) is 0 Å². The summed E-state index contributed by atoms with van der Waals surface area (Å²) in [6.07, 6.45) is -1.34. The predicted molar refractivity (Wildman–Crippen MR) is 49.5 cm³/mol. The Morgan fingerprint density at radius 3 is 2.85 bits per heavy atom. The second-order valence-electron chi connectivity index (χ2n) is 2.71. The highest BCUT2D eigenvalue weighted by Crippen LogP contribution is 2.20. The molecule has 0 spiro atoms. The Morgan fingerprint density at radius 2 is 2.38 bits per heavy atom. The SMILES string of the molecule is NC(c1cccs1)C(O)CC(=O)O. The minimum absolute atomic E-state index is 0.320. The van der Waals surface area contributed by atoms with E-state index in [2.05, 4.69) is 0 Å². The van der Waals surface area contributed by atoms with Crippen LogP contribution in [0.5, 0.6) is 0 Å². The van der Waals surface area contributed by atoms with Crippen LogP contribution in [0.2, 0.25) is 0 Å². The van der Waals surface area contributed by atoms with E-state index in [-0.39, 0.29) is 6.42 Å². The highest BCUT2D eigenvalue weighted by molar-refractivity contribution is 7.10. The average Bonchev–Trinajstić information content (AvgIpc) is 2.53. The number of carboxylic acids is 1. The van der Waals surface area contributed by atoms with E-state index in [4.69, 9.17) is 10.8 Å². The van der Waals surface area contributed by atoms with Gasteiger partial charge >= 0.3 is 5.97 Å². The van der Waals surface area contributed by atoms with Crippen LogP contribution in [-0.2, 0) is 4.79 Å². The summed E-state index contributed by atoms with van der Waals surface area (Å²) in [4.78, 5) is 11.1. The first-order valence-corrected chi connectivity index (χ1v) is 4.68. The predicted octanol–water partition coefficient (Wildman–Crippen LogP) is 0.584. The molecule has 2 unspecified atom stereocenters. The zero-order chi connectivity index (χ0) is 9.84. The van der Waals surface area contributed by atoms with Gasteiger partial charge < -0.3 is 15.9 Å². The molecule has 1 aromatic heterocycles. The Hall–Kier alpha value is -0.910. The van der Waals surface area contributed by atoms with Crippen LogP contribution in [-0.4, -0.2) is 22.3 Å². The summed E-state index contributed by atoms with van der Waals surface area (Å²) >= 11 is 1.41. The molecule has 4 N–H and O–H groups in total. The van der Waals surface area contributed by atoms with E-state index >= 15 is 0 Å². The van der Waals surface area contributed by atoms with Gasteiger partial charge in [-0.15, -0.1) is 11.3 Å². The molecule has 0 saturated heterocycles. The van der Waals surface area contributed by atoms with Gasteiger partial charge in [0.05, 0.1) is 18.6 Å². The fourth-order valence-electron chi connectivity index (χ4n) is 0.976. The number of carboxylic acid groups (broad SMARTS) is 1. The molecule has 13 heavy (non-hydrogen) atoms. The van der Waals surface area contributed by atoms with Gasteiger partial charge in [-0.1, -0.05) is 6.07 Å². The maximum atomic E-state index is 10.3. The molecule has 0 aliphatic heterocycles. The van der Waals surface area contributed by atoms with Crippen LogP contribution in [0.4, 0.5) is 0 Å². The largest absolute Gasteiger partial charge is 0.481 e. The number of hydrogen-bond donors (Lipinski definition) is 3. The molecule has 0 aromatic carbocycles. The quantitative estimate of drug-likeness (QED) is 0.665. The molecule has 0 bridgehead atoms. The molecule has 1 rings (SSSR count). The lowest BCUT2D eigenvalue weighted by atomic mass is 10.1. The van der Waals surface area contributed by atoms with Crippen molar-refractivity contribution in [3.63, 3.8) is 0 Å². The first-order chi connectivity index (χ1) is 6.11. The van der Waals surface area contributed by atoms with Gasteiger partial charge in [0.2, 0.25) is 0 Å². The fourth-order valence-corrected chi connectivity index (χ4v) is 1.76. The van der Waals surface area contributed by atoms with E-state index in [1.165, 1.54) is 11.3 Å². The molecule has 4 nitrogen and oxygen atoms in total. The van der Waals surface area contributed by atoms with E-state index in [1.807, 2.05) is 11.4 Å².